The van der Waals surface area contributed by atoms with Gasteiger partial charge in [0.2, 0.25) is 0 Å². The molecule has 0 fully saturated rings. The average molecular weight is 197 g/mol. The molecule has 0 amide bonds. The van der Waals surface area contributed by atoms with Crippen molar-refractivity contribution < 1.29 is 5.22 Å². The minimum Gasteiger partial charge on any atom is -0.265 e. The van der Waals surface area contributed by atoms with Crippen LogP contribution in [0.25, 0.3) is 16.7 Å². The van der Waals surface area contributed by atoms with Crippen LogP contribution in [0.2, 0.25) is 0 Å². The molecule has 0 aromatic heterocycles. The molecule has 0 heterocycles. The van der Waals surface area contributed by atoms with Crippen molar-refractivity contribution in [3.8, 4) is 11.1 Å². The molecule has 0 aliphatic heterocycles. The van der Waals surface area contributed by atoms with E-state index in [1.165, 1.54) is 0 Å². The van der Waals surface area contributed by atoms with Gasteiger partial charge in [0, 0.05) is 5.69 Å². The molecule has 2 aromatic carbocycles. The number of benzene rings is 2. The van der Waals surface area contributed by atoms with Gasteiger partial charge in [-0.3, -0.25) is 5.43 Å². The first kappa shape index (κ1) is 9.40. The molecule has 0 aliphatic rings. The lowest BCUT2D eigenvalue weighted by atomic mass is 10.0. The summed E-state index contributed by atoms with van der Waals surface area (Å²) in [7, 11) is 0. The van der Waals surface area contributed by atoms with E-state index in [1.807, 2.05) is 59.8 Å². The Bertz CT molecular complexity index is 451. The minimum atomic E-state index is 0.839. The SMILES string of the molecule is [N-]=[NH+]Nc1ccccc1-c1ccccc1. The van der Waals surface area contributed by atoms with Crippen LogP contribution in [0.1, 0.15) is 0 Å². The fraction of sp³-hybridized carbons (Fsp3) is 0. The van der Waals surface area contributed by atoms with Crippen molar-refractivity contribution in [3.05, 3.63) is 60.1 Å². The summed E-state index contributed by atoms with van der Waals surface area (Å²) in [4.78, 5) is 0. The lowest BCUT2D eigenvalue weighted by molar-refractivity contribution is -0.444. The van der Waals surface area contributed by atoms with E-state index in [0.717, 1.165) is 16.8 Å². The molecule has 3 nitrogen and oxygen atoms in total. The highest BCUT2D eigenvalue weighted by Gasteiger charge is 2.00. The second-order valence-electron chi connectivity index (χ2n) is 3.15. The van der Waals surface area contributed by atoms with Crippen molar-refractivity contribution in [2.24, 2.45) is 0 Å². The summed E-state index contributed by atoms with van der Waals surface area (Å²) in [5.41, 5.74) is 14.3. The third-order valence-corrected chi connectivity index (χ3v) is 2.20. The molecular formula is C12H11N3. The van der Waals surface area contributed by atoms with Gasteiger partial charge < -0.3 is 0 Å². The summed E-state index contributed by atoms with van der Waals surface area (Å²) >= 11 is 0. The highest BCUT2D eigenvalue weighted by atomic mass is 15.4. The zero-order chi connectivity index (χ0) is 10.5. The molecule has 74 valence electrons. The number of nitrogens with zero attached hydrogens (tertiary/aromatic N) is 1. The largest absolute Gasteiger partial charge is 0.265 e. The van der Waals surface area contributed by atoms with Crippen LogP contribution in [0.4, 0.5) is 5.69 Å². The molecule has 2 aromatic rings. The van der Waals surface area contributed by atoms with Crippen LogP contribution < -0.4 is 10.6 Å². The second-order valence-corrected chi connectivity index (χ2v) is 3.15. The Balaban J connectivity index is 2.48. The van der Waals surface area contributed by atoms with Crippen LogP contribution in [0.5, 0.6) is 0 Å². The summed E-state index contributed by atoms with van der Waals surface area (Å²) < 4.78 is 0. The number of hydrogen-bond acceptors (Lipinski definition) is 0. The van der Waals surface area contributed by atoms with E-state index in [2.05, 4.69) is 5.43 Å². The van der Waals surface area contributed by atoms with Gasteiger partial charge in [-0.05, 0) is 11.1 Å². The Hall–Kier alpha value is -2.16. The van der Waals surface area contributed by atoms with Crippen LogP contribution >= 0.6 is 0 Å². The van der Waals surface area contributed by atoms with E-state index >= 15 is 0 Å². The zero-order valence-electron chi connectivity index (χ0n) is 8.14. The Morgan fingerprint density at radius 2 is 1.53 bits per heavy atom. The molecule has 0 spiro atoms. The molecule has 2 N–H and O–H groups in total. The average Bonchev–Trinajstić information content (AvgIpc) is 2.31. The first-order chi connectivity index (χ1) is 7.42. The van der Waals surface area contributed by atoms with E-state index in [4.69, 9.17) is 5.53 Å². The zero-order valence-corrected chi connectivity index (χ0v) is 8.14. The second kappa shape index (κ2) is 4.37. The first-order valence-electron chi connectivity index (χ1n) is 4.71. The molecule has 0 aliphatic carbocycles. The number of anilines is 1. The summed E-state index contributed by atoms with van der Waals surface area (Å²) in [6.07, 6.45) is 0. The summed E-state index contributed by atoms with van der Waals surface area (Å²) in [6, 6.07) is 17.8. The van der Waals surface area contributed by atoms with Gasteiger partial charge in [0.1, 0.15) is 0 Å². The molecule has 0 radical (unpaired) electrons. The van der Waals surface area contributed by atoms with Crippen molar-refractivity contribution in [3.63, 3.8) is 0 Å². The van der Waals surface area contributed by atoms with E-state index < -0.39 is 0 Å². The number of hydrogen-bond donors (Lipinski definition) is 2. The van der Waals surface area contributed by atoms with Crippen molar-refractivity contribution >= 4 is 5.69 Å². The number of para-hydroxylation sites is 1. The van der Waals surface area contributed by atoms with Gasteiger partial charge in [-0.25, -0.2) is 0 Å². The third kappa shape index (κ3) is 2.02. The summed E-state index contributed by atoms with van der Waals surface area (Å²) in [5.74, 6) is 0. The molecule has 15 heavy (non-hydrogen) atoms. The molecule has 3 heteroatoms. The predicted molar refractivity (Wildman–Crippen MR) is 59.8 cm³/mol. The molecular weight excluding hydrogens is 186 g/mol. The van der Waals surface area contributed by atoms with E-state index in [0.29, 0.717) is 0 Å². The van der Waals surface area contributed by atoms with Gasteiger partial charge in [-0.15, -0.1) is 0 Å². The van der Waals surface area contributed by atoms with Crippen LogP contribution in [0.3, 0.4) is 0 Å². The molecule has 0 unspecified atom stereocenters. The van der Waals surface area contributed by atoms with E-state index in [9.17, 15) is 0 Å². The smallest absolute Gasteiger partial charge is 0.0182 e. The maximum atomic E-state index is 8.63. The van der Waals surface area contributed by atoms with Gasteiger partial charge in [0.15, 0.2) is 0 Å². The fourth-order valence-corrected chi connectivity index (χ4v) is 1.52. The van der Waals surface area contributed by atoms with Gasteiger partial charge in [-0.2, -0.15) is 10.8 Å². The van der Waals surface area contributed by atoms with Crippen LogP contribution in [0, 0.1) is 0 Å². The van der Waals surface area contributed by atoms with E-state index in [1.54, 1.807) is 0 Å². The number of rotatable bonds is 3. The molecule has 0 bridgehead atoms. The molecule has 2 rings (SSSR count). The lowest BCUT2D eigenvalue weighted by Gasteiger charge is -2.09. The van der Waals surface area contributed by atoms with Gasteiger partial charge in [-0.1, -0.05) is 54.6 Å². The van der Waals surface area contributed by atoms with Crippen molar-refractivity contribution in [2.45, 2.75) is 0 Å². The topological polar surface area (TPSA) is 48.3 Å². The first-order valence-corrected chi connectivity index (χ1v) is 4.71. The lowest BCUT2D eigenvalue weighted by Crippen LogP contribution is -2.68. The Kier molecular flexibility index (Phi) is 2.74. The Morgan fingerprint density at radius 3 is 2.27 bits per heavy atom. The van der Waals surface area contributed by atoms with Gasteiger partial charge >= 0.3 is 0 Å². The van der Waals surface area contributed by atoms with Crippen molar-refractivity contribution in [1.29, 1.82) is 0 Å². The molecule has 0 atom stereocenters. The quantitative estimate of drug-likeness (QED) is 0.572. The maximum Gasteiger partial charge on any atom is 0.0182 e. The highest BCUT2D eigenvalue weighted by molar-refractivity contribution is 5.76. The summed E-state index contributed by atoms with van der Waals surface area (Å²) in [5, 5.41) is 1.94. The summed E-state index contributed by atoms with van der Waals surface area (Å²) in [6.45, 7) is 0. The predicted octanol–water partition coefficient (Wildman–Crippen LogP) is 1.78. The number of nitrogens with one attached hydrogen (secondary N) is 2. The Labute approximate surface area is 88.2 Å². The van der Waals surface area contributed by atoms with Crippen LogP contribution in [-0.4, -0.2) is 0 Å². The van der Waals surface area contributed by atoms with Gasteiger partial charge in [0.05, 0.1) is 0 Å². The molecule has 0 saturated heterocycles. The minimum absolute atomic E-state index is 0.839. The highest BCUT2D eigenvalue weighted by Crippen LogP contribution is 2.26. The molecule has 0 saturated carbocycles. The van der Waals surface area contributed by atoms with Crippen molar-refractivity contribution in [2.75, 3.05) is 5.43 Å². The van der Waals surface area contributed by atoms with Crippen molar-refractivity contribution in [1.82, 2.24) is 0 Å². The van der Waals surface area contributed by atoms with E-state index in [-0.39, 0.29) is 0 Å². The Morgan fingerprint density at radius 1 is 0.867 bits per heavy atom. The third-order valence-electron chi connectivity index (χ3n) is 2.20. The monoisotopic (exact) mass is 197 g/mol. The normalized spacial score (nSPS) is 9.60. The fourth-order valence-electron chi connectivity index (χ4n) is 1.52. The van der Waals surface area contributed by atoms with Gasteiger partial charge in [0.25, 0.3) is 0 Å². The van der Waals surface area contributed by atoms with Crippen LogP contribution in [0.15, 0.2) is 54.6 Å². The standard InChI is InChI=1S/C12H11N3/c13-15-14-12-9-5-4-8-11(12)10-6-2-1-3-7-10/h1-9,15H,(H-,13,14). The maximum absolute atomic E-state index is 8.63. The van der Waals surface area contributed by atoms with Crippen LogP contribution in [-0.2, 0) is 0 Å². The number of hydrazine groups is 1.